The minimum atomic E-state index is -0.291. The zero-order valence-corrected chi connectivity index (χ0v) is 16.9. The highest BCUT2D eigenvalue weighted by molar-refractivity contribution is 8.19. The molecular weight excluding hydrogens is 410 g/mol. The summed E-state index contributed by atoms with van der Waals surface area (Å²) in [6.45, 7) is 0. The third-order valence-corrected chi connectivity index (χ3v) is 6.17. The first-order chi connectivity index (χ1) is 13.6. The number of rotatable bonds is 4. The largest absolute Gasteiger partial charge is 0.298 e. The number of amides is 2. The second-order valence-corrected chi connectivity index (χ2v) is 8.55. The first-order valence-corrected chi connectivity index (χ1v) is 10.5. The predicted molar refractivity (Wildman–Crippen MR) is 117 cm³/mol. The molecule has 0 unspecified atom stereocenters. The zero-order chi connectivity index (χ0) is 19.5. The van der Waals surface area contributed by atoms with E-state index in [4.69, 9.17) is 11.6 Å². The van der Waals surface area contributed by atoms with Gasteiger partial charge in [-0.25, -0.2) is 4.90 Å². The van der Waals surface area contributed by atoms with Gasteiger partial charge in [0.05, 0.1) is 10.6 Å². The first-order valence-electron chi connectivity index (χ1n) is 8.47. The molecule has 3 aromatic carbocycles. The van der Waals surface area contributed by atoms with E-state index in [0.717, 1.165) is 27.1 Å². The Hall–Kier alpha value is -2.47. The molecule has 0 aromatic heterocycles. The van der Waals surface area contributed by atoms with Crippen molar-refractivity contribution in [3.8, 4) is 0 Å². The van der Waals surface area contributed by atoms with E-state index in [1.165, 1.54) is 4.90 Å². The van der Waals surface area contributed by atoms with Crippen LogP contribution in [0.1, 0.15) is 5.56 Å². The molecule has 1 aliphatic heterocycles. The van der Waals surface area contributed by atoms with E-state index in [1.807, 2.05) is 54.6 Å². The lowest BCUT2D eigenvalue weighted by molar-refractivity contribution is -0.113. The van der Waals surface area contributed by atoms with Crippen LogP contribution in [-0.2, 0) is 4.79 Å². The van der Waals surface area contributed by atoms with E-state index in [-0.39, 0.29) is 11.1 Å². The molecule has 1 fully saturated rings. The fraction of sp³-hybridized carbons (Fsp3) is 0. The highest BCUT2D eigenvalue weighted by atomic mass is 35.5. The van der Waals surface area contributed by atoms with Gasteiger partial charge in [-0.3, -0.25) is 9.59 Å². The van der Waals surface area contributed by atoms with E-state index in [1.54, 1.807) is 42.1 Å². The number of hydrogen-bond donors (Lipinski definition) is 0. The summed E-state index contributed by atoms with van der Waals surface area (Å²) in [6, 6.07) is 24.5. The van der Waals surface area contributed by atoms with Crippen molar-refractivity contribution >= 4 is 58.0 Å². The maximum absolute atomic E-state index is 12.7. The van der Waals surface area contributed by atoms with Crippen LogP contribution in [-0.4, -0.2) is 11.1 Å². The number of hydrogen-bond acceptors (Lipinski definition) is 4. The topological polar surface area (TPSA) is 37.4 Å². The maximum Gasteiger partial charge on any atom is 0.298 e. The monoisotopic (exact) mass is 423 g/mol. The molecule has 0 radical (unpaired) electrons. The number of nitrogens with zero attached hydrogens (tertiary/aromatic N) is 1. The van der Waals surface area contributed by atoms with Crippen molar-refractivity contribution in [3.63, 3.8) is 0 Å². The van der Waals surface area contributed by atoms with Crippen LogP contribution in [0.15, 0.2) is 93.6 Å². The number of halogens is 1. The van der Waals surface area contributed by atoms with Crippen LogP contribution in [0.3, 0.4) is 0 Å². The molecule has 0 atom stereocenters. The molecule has 0 bridgehead atoms. The van der Waals surface area contributed by atoms with Crippen molar-refractivity contribution in [2.75, 3.05) is 4.90 Å². The summed E-state index contributed by atoms with van der Waals surface area (Å²) in [5.74, 6) is -0.291. The van der Waals surface area contributed by atoms with Gasteiger partial charge in [-0.05, 0) is 71.9 Å². The van der Waals surface area contributed by atoms with Crippen LogP contribution in [0.2, 0.25) is 5.02 Å². The minimum absolute atomic E-state index is 0.280. The average Bonchev–Trinajstić information content (AvgIpc) is 2.99. The van der Waals surface area contributed by atoms with Gasteiger partial charge in [0.15, 0.2) is 0 Å². The van der Waals surface area contributed by atoms with Crippen LogP contribution in [0, 0.1) is 0 Å². The van der Waals surface area contributed by atoms with Crippen molar-refractivity contribution in [1.82, 2.24) is 0 Å². The van der Waals surface area contributed by atoms with Crippen molar-refractivity contribution in [1.29, 1.82) is 0 Å². The van der Waals surface area contributed by atoms with Crippen LogP contribution < -0.4 is 4.90 Å². The molecule has 3 aromatic rings. The Morgan fingerprint density at radius 1 is 0.821 bits per heavy atom. The number of thioether (sulfide) groups is 1. The van der Waals surface area contributed by atoms with E-state index < -0.39 is 0 Å². The lowest BCUT2D eigenvalue weighted by atomic mass is 10.2. The summed E-state index contributed by atoms with van der Waals surface area (Å²) >= 11 is 8.51. The van der Waals surface area contributed by atoms with Crippen LogP contribution in [0.4, 0.5) is 10.5 Å². The molecule has 0 aliphatic carbocycles. The Labute approximate surface area is 176 Å². The summed E-state index contributed by atoms with van der Waals surface area (Å²) in [5, 5.41) is 0.432. The third kappa shape index (κ3) is 4.17. The Bertz CT molecular complexity index is 1050. The molecule has 4 rings (SSSR count). The quantitative estimate of drug-likeness (QED) is 0.436. The van der Waals surface area contributed by atoms with E-state index in [0.29, 0.717) is 15.6 Å². The van der Waals surface area contributed by atoms with E-state index in [9.17, 15) is 9.59 Å². The fourth-order valence-electron chi connectivity index (χ4n) is 2.69. The molecule has 1 saturated heterocycles. The van der Waals surface area contributed by atoms with Gasteiger partial charge in [-0.2, -0.15) is 0 Å². The Balaban J connectivity index is 1.50. The Morgan fingerprint density at radius 2 is 1.43 bits per heavy atom. The zero-order valence-electron chi connectivity index (χ0n) is 14.5. The second-order valence-electron chi connectivity index (χ2n) is 5.98. The number of anilines is 1. The van der Waals surface area contributed by atoms with Gasteiger partial charge >= 0.3 is 0 Å². The normalized spacial score (nSPS) is 15.5. The highest BCUT2D eigenvalue weighted by Crippen LogP contribution is 2.36. The number of carbonyl (C=O) groups is 2. The van der Waals surface area contributed by atoms with Gasteiger partial charge < -0.3 is 0 Å². The van der Waals surface area contributed by atoms with Gasteiger partial charge in [0.2, 0.25) is 0 Å². The molecule has 2 amide bonds. The molecular formula is C22H14ClNO2S2. The fourth-order valence-corrected chi connectivity index (χ4v) is 4.47. The molecule has 0 N–H and O–H groups in total. The Kier molecular flexibility index (Phi) is 5.57. The van der Waals surface area contributed by atoms with E-state index in [2.05, 4.69) is 0 Å². The summed E-state index contributed by atoms with van der Waals surface area (Å²) in [4.78, 5) is 28.8. The average molecular weight is 424 g/mol. The molecule has 0 spiro atoms. The third-order valence-electron chi connectivity index (χ3n) is 4.04. The number of benzene rings is 3. The van der Waals surface area contributed by atoms with Gasteiger partial charge in [-0.1, -0.05) is 53.7 Å². The molecule has 138 valence electrons. The number of imide groups is 1. The highest BCUT2D eigenvalue weighted by Gasteiger charge is 2.36. The van der Waals surface area contributed by atoms with Crippen molar-refractivity contribution in [2.24, 2.45) is 0 Å². The lowest BCUT2D eigenvalue weighted by Gasteiger charge is -2.11. The molecule has 1 aliphatic rings. The summed E-state index contributed by atoms with van der Waals surface area (Å²) < 4.78 is 0. The van der Waals surface area contributed by atoms with Crippen molar-refractivity contribution < 1.29 is 9.59 Å². The first kappa shape index (κ1) is 18.9. The van der Waals surface area contributed by atoms with Crippen molar-refractivity contribution in [3.05, 3.63) is 94.4 Å². The van der Waals surface area contributed by atoms with Gasteiger partial charge in [0.25, 0.3) is 11.1 Å². The predicted octanol–water partition coefficient (Wildman–Crippen LogP) is 6.73. The maximum atomic E-state index is 12.7. The van der Waals surface area contributed by atoms with Gasteiger partial charge in [-0.15, -0.1) is 0 Å². The smallest absolute Gasteiger partial charge is 0.268 e. The molecule has 1 heterocycles. The minimum Gasteiger partial charge on any atom is -0.268 e. The molecule has 28 heavy (non-hydrogen) atoms. The van der Waals surface area contributed by atoms with Gasteiger partial charge in [0.1, 0.15) is 0 Å². The Morgan fingerprint density at radius 3 is 2.07 bits per heavy atom. The summed E-state index contributed by atoms with van der Waals surface area (Å²) in [7, 11) is 0. The second kappa shape index (κ2) is 8.27. The molecule has 3 nitrogen and oxygen atoms in total. The van der Waals surface area contributed by atoms with Crippen LogP contribution in [0.5, 0.6) is 0 Å². The molecule has 6 heteroatoms. The van der Waals surface area contributed by atoms with Gasteiger partial charge in [0, 0.05) is 14.8 Å². The summed E-state index contributed by atoms with van der Waals surface area (Å²) in [5.41, 5.74) is 1.46. The number of para-hydroxylation sites is 1. The van der Waals surface area contributed by atoms with Crippen molar-refractivity contribution in [2.45, 2.75) is 9.79 Å². The van der Waals surface area contributed by atoms with Crippen LogP contribution in [0.25, 0.3) is 6.08 Å². The van der Waals surface area contributed by atoms with E-state index >= 15 is 0 Å². The SMILES string of the molecule is O=C1S/C(=C\c2ccc(Sc3ccc(Cl)cc3)cc2)C(=O)N1c1ccccc1. The lowest BCUT2D eigenvalue weighted by Crippen LogP contribution is -2.27. The molecule has 0 saturated carbocycles. The standard InChI is InChI=1S/C22H14ClNO2S2/c23-16-8-12-19(13-9-16)27-18-10-6-15(7-11-18)14-20-21(25)24(22(26)28-20)17-4-2-1-3-5-17/h1-14H/b20-14-. The summed E-state index contributed by atoms with van der Waals surface area (Å²) in [6.07, 6.45) is 1.75. The van der Waals surface area contributed by atoms with Crippen LogP contribution >= 0.6 is 35.1 Å². The number of carbonyl (C=O) groups excluding carboxylic acids is 2.